The maximum Gasteiger partial charge on any atom is 0.311 e. The third kappa shape index (κ3) is 4.93. The molecule has 1 aromatic heterocycles. The number of aryl methyl sites for hydroxylation is 1. The van der Waals surface area contributed by atoms with Gasteiger partial charge in [0.15, 0.2) is 5.82 Å². The summed E-state index contributed by atoms with van der Waals surface area (Å²) in [5, 5.41) is 16.4. The molecule has 0 fully saturated rings. The van der Waals surface area contributed by atoms with Crippen LogP contribution in [-0.2, 0) is 0 Å². The zero-order chi connectivity index (χ0) is 26.7. The topological polar surface area (TPSA) is 109 Å². The monoisotopic (exact) mass is 500 g/mol. The van der Waals surface area contributed by atoms with Crippen molar-refractivity contribution < 1.29 is 14.4 Å². The van der Waals surface area contributed by atoms with Gasteiger partial charge < -0.3 is 9.47 Å². The lowest BCUT2D eigenvalue weighted by atomic mass is 9.96. The Bertz CT molecular complexity index is 1570. The third-order valence-corrected chi connectivity index (χ3v) is 6.02. The Morgan fingerprint density at radius 1 is 1.16 bits per heavy atom. The number of benzene rings is 3. The number of aromatic nitrogens is 2. The van der Waals surface area contributed by atoms with Crippen LogP contribution < -0.4 is 15.0 Å². The molecule has 0 bridgehead atoms. The van der Waals surface area contributed by atoms with Crippen molar-refractivity contribution in [2.45, 2.75) is 33.6 Å². The Hall–Kier alpha value is -4.53. The SMILES string of the molecule is CCOc1c(C=Nn2c(-c3cc(C(C)C)c(OC)cc3C)nc3ccccc3c2=O)cccc1[N+](=O)[O-]. The first-order chi connectivity index (χ1) is 17.8. The molecule has 0 saturated carbocycles. The Labute approximate surface area is 214 Å². The Morgan fingerprint density at radius 3 is 2.59 bits per heavy atom. The van der Waals surface area contributed by atoms with Crippen LogP contribution in [-0.4, -0.2) is 34.5 Å². The predicted molar refractivity (Wildman–Crippen MR) is 144 cm³/mol. The molecule has 9 nitrogen and oxygen atoms in total. The zero-order valence-corrected chi connectivity index (χ0v) is 21.4. The number of para-hydroxylation sites is 2. The van der Waals surface area contributed by atoms with Gasteiger partial charge in [0.1, 0.15) is 5.75 Å². The van der Waals surface area contributed by atoms with E-state index in [0.717, 1.165) is 22.4 Å². The van der Waals surface area contributed by atoms with Crippen molar-refractivity contribution in [2.75, 3.05) is 13.7 Å². The number of nitro groups is 1. The largest absolute Gasteiger partial charge is 0.496 e. The molecule has 0 amide bonds. The summed E-state index contributed by atoms with van der Waals surface area (Å²) in [6, 6.07) is 15.5. The molecule has 0 radical (unpaired) electrons. The van der Waals surface area contributed by atoms with Crippen LogP contribution in [0.4, 0.5) is 5.69 Å². The minimum absolute atomic E-state index is 0.0878. The Morgan fingerprint density at radius 2 is 1.92 bits per heavy atom. The minimum Gasteiger partial charge on any atom is -0.496 e. The van der Waals surface area contributed by atoms with E-state index in [1.807, 2.05) is 25.1 Å². The highest BCUT2D eigenvalue weighted by molar-refractivity contribution is 5.86. The summed E-state index contributed by atoms with van der Waals surface area (Å²) in [4.78, 5) is 29.5. The second-order valence-electron chi connectivity index (χ2n) is 8.76. The summed E-state index contributed by atoms with van der Waals surface area (Å²) < 4.78 is 12.4. The normalized spacial score (nSPS) is 11.4. The molecule has 4 rings (SSSR count). The number of rotatable bonds is 8. The second kappa shape index (κ2) is 10.6. The summed E-state index contributed by atoms with van der Waals surface area (Å²) in [6.07, 6.45) is 1.39. The van der Waals surface area contributed by atoms with E-state index in [1.165, 1.54) is 17.0 Å². The van der Waals surface area contributed by atoms with Gasteiger partial charge in [-0.3, -0.25) is 14.9 Å². The van der Waals surface area contributed by atoms with E-state index in [2.05, 4.69) is 18.9 Å². The van der Waals surface area contributed by atoms with Gasteiger partial charge in [-0.2, -0.15) is 9.78 Å². The van der Waals surface area contributed by atoms with E-state index < -0.39 is 4.92 Å². The molecule has 0 aliphatic rings. The van der Waals surface area contributed by atoms with Crippen molar-refractivity contribution in [1.29, 1.82) is 0 Å². The molecule has 4 aromatic rings. The molecular formula is C28H28N4O5. The van der Waals surface area contributed by atoms with Crippen molar-refractivity contribution in [2.24, 2.45) is 5.10 Å². The van der Waals surface area contributed by atoms with Crippen LogP contribution in [0.3, 0.4) is 0 Å². The maximum atomic E-state index is 13.6. The lowest BCUT2D eigenvalue weighted by molar-refractivity contribution is -0.385. The second-order valence-corrected chi connectivity index (χ2v) is 8.76. The lowest BCUT2D eigenvalue weighted by Gasteiger charge is -2.17. The number of hydrogen-bond acceptors (Lipinski definition) is 7. The average molecular weight is 501 g/mol. The number of methoxy groups -OCH3 is 1. The Kier molecular flexibility index (Phi) is 7.33. The molecule has 0 atom stereocenters. The van der Waals surface area contributed by atoms with E-state index in [-0.39, 0.29) is 29.5 Å². The van der Waals surface area contributed by atoms with Gasteiger partial charge in [0.05, 0.1) is 35.8 Å². The average Bonchev–Trinajstić information content (AvgIpc) is 2.88. The van der Waals surface area contributed by atoms with Gasteiger partial charge in [0.2, 0.25) is 5.75 Å². The van der Waals surface area contributed by atoms with Crippen molar-refractivity contribution in [1.82, 2.24) is 9.66 Å². The third-order valence-electron chi connectivity index (χ3n) is 6.02. The molecule has 190 valence electrons. The first kappa shape index (κ1) is 25.6. The first-order valence-corrected chi connectivity index (χ1v) is 11.9. The van der Waals surface area contributed by atoms with Gasteiger partial charge >= 0.3 is 5.69 Å². The molecule has 9 heteroatoms. The number of nitro benzene ring substituents is 1. The molecule has 0 aliphatic carbocycles. The van der Waals surface area contributed by atoms with Crippen LogP contribution in [0.15, 0.2) is 64.5 Å². The standard InChI is InChI=1S/C28H28N4O5/c1-6-37-26-19(10-9-13-24(26)32(34)35)16-29-31-27(30-23-12-8-7-11-20(23)28(31)33)22-15-21(17(2)3)25(36-5)14-18(22)4/h7-17H,6H2,1-5H3. The highest BCUT2D eigenvalue weighted by Crippen LogP contribution is 2.34. The van der Waals surface area contributed by atoms with Gasteiger partial charge in [-0.05, 0) is 61.2 Å². The molecule has 0 aliphatic heterocycles. The van der Waals surface area contributed by atoms with Crippen molar-refractivity contribution in [3.8, 4) is 22.9 Å². The number of fused-ring (bicyclic) bond motifs is 1. The van der Waals surface area contributed by atoms with Gasteiger partial charge in [0, 0.05) is 17.2 Å². The lowest BCUT2D eigenvalue weighted by Crippen LogP contribution is -2.21. The van der Waals surface area contributed by atoms with Crippen LogP contribution >= 0.6 is 0 Å². The van der Waals surface area contributed by atoms with E-state index in [0.29, 0.717) is 22.3 Å². The number of nitrogens with zero attached hydrogens (tertiary/aromatic N) is 4. The molecular weight excluding hydrogens is 472 g/mol. The zero-order valence-electron chi connectivity index (χ0n) is 21.4. The minimum atomic E-state index is -0.508. The molecule has 1 heterocycles. The molecule has 0 N–H and O–H groups in total. The van der Waals surface area contributed by atoms with E-state index in [1.54, 1.807) is 44.4 Å². The Balaban J connectivity index is 1.99. The van der Waals surface area contributed by atoms with Crippen molar-refractivity contribution in [3.05, 3.63) is 91.8 Å². The first-order valence-electron chi connectivity index (χ1n) is 11.9. The molecule has 37 heavy (non-hydrogen) atoms. The quantitative estimate of drug-likeness (QED) is 0.175. The summed E-state index contributed by atoms with van der Waals surface area (Å²) in [5.41, 5.74) is 2.94. The summed E-state index contributed by atoms with van der Waals surface area (Å²) in [7, 11) is 1.63. The van der Waals surface area contributed by atoms with Crippen LogP contribution in [0, 0.1) is 17.0 Å². The fraction of sp³-hybridized carbons (Fsp3) is 0.250. The molecule has 0 unspecified atom stereocenters. The number of hydrogen-bond donors (Lipinski definition) is 0. The number of ether oxygens (including phenoxy) is 2. The molecule has 0 saturated heterocycles. The smallest absolute Gasteiger partial charge is 0.311 e. The highest BCUT2D eigenvalue weighted by atomic mass is 16.6. The van der Waals surface area contributed by atoms with Crippen LogP contribution in [0.1, 0.15) is 43.4 Å². The maximum absolute atomic E-state index is 13.6. The van der Waals surface area contributed by atoms with E-state index in [9.17, 15) is 14.9 Å². The van der Waals surface area contributed by atoms with Gasteiger partial charge in [-0.1, -0.05) is 32.0 Å². The fourth-order valence-electron chi connectivity index (χ4n) is 4.18. The van der Waals surface area contributed by atoms with E-state index >= 15 is 0 Å². The van der Waals surface area contributed by atoms with Crippen molar-refractivity contribution in [3.63, 3.8) is 0 Å². The summed E-state index contributed by atoms with van der Waals surface area (Å²) in [5.74, 6) is 1.36. The van der Waals surface area contributed by atoms with Gasteiger partial charge in [0.25, 0.3) is 5.56 Å². The fourth-order valence-corrected chi connectivity index (χ4v) is 4.18. The molecule has 0 spiro atoms. The summed E-state index contributed by atoms with van der Waals surface area (Å²) >= 11 is 0. The summed E-state index contributed by atoms with van der Waals surface area (Å²) in [6.45, 7) is 8.02. The van der Waals surface area contributed by atoms with Crippen LogP contribution in [0.5, 0.6) is 11.5 Å². The van der Waals surface area contributed by atoms with Crippen molar-refractivity contribution >= 4 is 22.8 Å². The van der Waals surface area contributed by atoms with Crippen LogP contribution in [0.25, 0.3) is 22.3 Å². The van der Waals surface area contributed by atoms with Gasteiger partial charge in [-0.15, -0.1) is 0 Å². The van der Waals surface area contributed by atoms with E-state index in [4.69, 9.17) is 14.5 Å². The van der Waals surface area contributed by atoms with Gasteiger partial charge in [-0.25, -0.2) is 4.98 Å². The predicted octanol–water partition coefficient (Wildman–Crippen LogP) is 5.69. The molecule has 3 aromatic carbocycles. The van der Waals surface area contributed by atoms with Crippen LogP contribution in [0.2, 0.25) is 0 Å². The highest BCUT2D eigenvalue weighted by Gasteiger charge is 2.20.